The third-order valence-corrected chi connectivity index (χ3v) is 5.99. The molecule has 0 aliphatic carbocycles. The molecule has 0 spiro atoms. The van der Waals surface area contributed by atoms with E-state index in [9.17, 15) is 22.7 Å². The molecule has 4 rings (SSSR count). The maximum atomic E-state index is 13.0. The summed E-state index contributed by atoms with van der Waals surface area (Å²) < 4.78 is 50.8. The van der Waals surface area contributed by atoms with Gasteiger partial charge >= 0.3 is 6.18 Å². The predicted octanol–water partition coefficient (Wildman–Crippen LogP) is 5.62. The Bertz CT molecular complexity index is 1160. The number of hydrogen-bond donors (Lipinski definition) is 2. The van der Waals surface area contributed by atoms with Crippen molar-refractivity contribution in [3.05, 3.63) is 78.3 Å². The van der Waals surface area contributed by atoms with E-state index in [2.05, 4.69) is 26.8 Å². The smallest absolute Gasteiger partial charge is 0.393 e. The maximum absolute atomic E-state index is 13.0. The second kappa shape index (κ2) is 10.4. The van der Waals surface area contributed by atoms with E-state index in [0.717, 1.165) is 29.9 Å². The van der Waals surface area contributed by atoms with Gasteiger partial charge in [-0.1, -0.05) is 24.8 Å². The number of aromatic nitrogens is 2. The van der Waals surface area contributed by atoms with Crippen molar-refractivity contribution in [2.75, 3.05) is 29.9 Å². The molecule has 184 valence electrons. The standard InChI is InChI=1S/C26H26F4N4O/c1-17(33-22-5-2-18(3-6-22)11-26(28,29)30)21-10-24(20-4-7-23(12-27)31-13-20)25(32-14-21)34-9-8-19(15-34)16-35/h2-7,10,13-14,19,33,35H,1,8-9,11-12,15-16H2/t19-/m0/s1. The van der Waals surface area contributed by atoms with Gasteiger partial charge in [-0.25, -0.2) is 9.37 Å². The van der Waals surface area contributed by atoms with Gasteiger partial charge in [0.05, 0.1) is 12.1 Å². The first-order chi connectivity index (χ1) is 16.8. The van der Waals surface area contributed by atoms with Crippen molar-refractivity contribution in [3.8, 4) is 11.1 Å². The first kappa shape index (κ1) is 24.7. The summed E-state index contributed by atoms with van der Waals surface area (Å²) in [6.07, 6.45) is -1.09. The molecule has 9 heteroatoms. The van der Waals surface area contributed by atoms with E-state index in [1.807, 2.05) is 6.07 Å². The number of halogens is 4. The van der Waals surface area contributed by atoms with Gasteiger partial charge in [-0.15, -0.1) is 0 Å². The Kier molecular flexibility index (Phi) is 7.35. The summed E-state index contributed by atoms with van der Waals surface area (Å²) in [7, 11) is 0. The zero-order valence-electron chi connectivity index (χ0n) is 19.0. The van der Waals surface area contributed by atoms with Gasteiger partial charge in [0.2, 0.25) is 0 Å². The molecule has 3 aromatic rings. The van der Waals surface area contributed by atoms with Crippen LogP contribution in [0, 0.1) is 5.92 Å². The molecule has 1 saturated heterocycles. The molecule has 1 atom stereocenters. The summed E-state index contributed by atoms with van der Waals surface area (Å²) >= 11 is 0. The zero-order valence-corrected chi connectivity index (χ0v) is 19.0. The minimum absolute atomic E-state index is 0.110. The van der Waals surface area contributed by atoms with Gasteiger partial charge < -0.3 is 15.3 Å². The highest BCUT2D eigenvalue weighted by molar-refractivity contribution is 5.82. The molecule has 0 bridgehead atoms. The van der Waals surface area contributed by atoms with E-state index >= 15 is 0 Å². The highest BCUT2D eigenvalue weighted by Crippen LogP contribution is 2.34. The second-order valence-corrected chi connectivity index (χ2v) is 8.64. The molecule has 3 heterocycles. The largest absolute Gasteiger partial charge is 0.396 e. The van der Waals surface area contributed by atoms with Crippen molar-refractivity contribution >= 4 is 17.2 Å². The number of aliphatic hydroxyl groups excluding tert-OH is 1. The average molecular weight is 487 g/mol. The van der Waals surface area contributed by atoms with E-state index in [4.69, 9.17) is 0 Å². The summed E-state index contributed by atoms with van der Waals surface area (Å²) in [5.41, 5.74) is 3.89. The van der Waals surface area contributed by atoms with Crippen LogP contribution in [0.25, 0.3) is 16.8 Å². The Hall–Kier alpha value is -3.46. The minimum atomic E-state index is -4.26. The normalized spacial score (nSPS) is 15.9. The van der Waals surface area contributed by atoms with Gasteiger partial charge in [-0.3, -0.25) is 4.98 Å². The molecule has 5 nitrogen and oxygen atoms in total. The van der Waals surface area contributed by atoms with Crippen LogP contribution >= 0.6 is 0 Å². The van der Waals surface area contributed by atoms with Crippen molar-refractivity contribution in [2.45, 2.75) is 25.7 Å². The van der Waals surface area contributed by atoms with Crippen LogP contribution in [-0.2, 0) is 13.1 Å². The Labute approximate surface area is 201 Å². The van der Waals surface area contributed by atoms with E-state index in [1.54, 1.807) is 36.7 Å². The molecular weight excluding hydrogens is 460 g/mol. The van der Waals surface area contributed by atoms with Crippen LogP contribution in [-0.4, -0.2) is 40.9 Å². The summed E-state index contributed by atoms with van der Waals surface area (Å²) in [5.74, 6) is 0.914. The molecule has 1 aliphatic heterocycles. The lowest BCUT2D eigenvalue weighted by atomic mass is 10.0. The highest BCUT2D eigenvalue weighted by Gasteiger charge is 2.27. The fourth-order valence-electron chi connectivity index (χ4n) is 4.11. The topological polar surface area (TPSA) is 61.3 Å². The Morgan fingerprint density at radius 2 is 1.89 bits per heavy atom. The first-order valence-corrected chi connectivity index (χ1v) is 11.2. The van der Waals surface area contributed by atoms with Gasteiger partial charge in [-0.05, 0) is 36.2 Å². The second-order valence-electron chi connectivity index (χ2n) is 8.64. The highest BCUT2D eigenvalue weighted by atomic mass is 19.4. The van der Waals surface area contributed by atoms with Gasteiger partial charge in [0.15, 0.2) is 0 Å². The van der Waals surface area contributed by atoms with Crippen molar-refractivity contribution in [1.82, 2.24) is 9.97 Å². The van der Waals surface area contributed by atoms with E-state index in [1.165, 1.54) is 12.1 Å². The fraction of sp³-hybridized carbons (Fsp3) is 0.308. The third-order valence-electron chi connectivity index (χ3n) is 5.99. The SMILES string of the molecule is C=C(Nc1ccc(CC(F)(F)F)cc1)c1cnc(N2CC[C@H](CO)C2)c(-c2ccc(CF)nc2)c1. The predicted molar refractivity (Wildman–Crippen MR) is 129 cm³/mol. The molecule has 1 fully saturated rings. The number of anilines is 2. The van der Waals surface area contributed by atoms with Crippen LogP contribution in [0.4, 0.5) is 29.1 Å². The lowest BCUT2D eigenvalue weighted by molar-refractivity contribution is -0.127. The first-order valence-electron chi connectivity index (χ1n) is 11.2. The molecule has 2 aromatic heterocycles. The lowest BCUT2D eigenvalue weighted by Gasteiger charge is -2.22. The molecule has 0 saturated carbocycles. The Balaban J connectivity index is 1.59. The summed E-state index contributed by atoms with van der Waals surface area (Å²) in [5, 5.41) is 12.7. The van der Waals surface area contributed by atoms with Crippen molar-refractivity contribution in [2.24, 2.45) is 5.92 Å². The summed E-state index contributed by atoms with van der Waals surface area (Å²) in [6.45, 7) is 4.96. The van der Waals surface area contributed by atoms with Crippen molar-refractivity contribution in [1.29, 1.82) is 0 Å². The van der Waals surface area contributed by atoms with Crippen molar-refractivity contribution in [3.63, 3.8) is 0 Å². The minimum Gasteiger partial charge on any atom is -0.396 e. The van der Waals surface area contributed by atoms with E-state index in [0.29, 0.717) is 29.2 Å². The zero-order chi connectivity index (χ0) is 25.0. The quantitative estimate of drug-likeness (QED) is 0.405. The van der Waals surface area contributed by atoms with Crippen molar-refractivity contribution < 1.29 is 22.7 Å². The Morgan fingerprint density at radius 3 is 2.49 bits per heavy atom. The number of aliphatic hydroxyl groups is 1. The molecule has 1 aromatic carbocycles. The number of rotatable bonds is 8. The molecule has 0 amide bonds. The van der Waals surface area contributed by atoms with Gasteiger partial charge in [0, 0.05) is 66.1 Å². The molecule has 2 N–H and O–H groups in total. The molecule has 35 heavy (non-hydrogen) atoms. The molecule has 0 radical (unpaired) electrons. The van der Waals surface area contributed by atoms with Gasteiger partial charge in [0.1, 0.15) is 12.5 Å². The molecule has 0 unspecified atom stereocenters. The van der Waals surface area contributed by atoms with Crippen LogP contribution in [0.15, 0.2) is 61.4 Å². The van der Waals surface area contributed by atoms with Gasteiger partial charge in [-0.2, -0.15) is 13.2 Å². The van der Waals surface area contributed by atoms with Crippen LogP contribution in [0.5, 0.6) is 0 Å². The summed E-state index contributed by atoms with van der Waals surface area (Å²) in [4.78, 5) is 11.0. The fourth-order valence-corrected chi connectivity index (χ4v) is 4.11. The number of pyridine rings is 2. The van der Waals surface area contributed by atoms with E-state index < -0.39 is 19.3 Å². The molecule has 1 aliphatic rings. The van der Waals surface area contributed by atoms with Crippen LogP contribution < -0.4 is 10.2 Å². The van der Waals surface area contributed by atoms with Gasteiger partial charge in [0.25, 0.3) is 0 Å². The number of alkyl halides is 4. The molecular formula is C26H26F4N4O. The number of benzene rings is 1. The van der Waals surface area contributed by atoms with Crippen LogP contribution in [0.2, 0.25) is 0 Å². The van der Waals surface area contributed by atoms with Crippen LogP contribution in [0.3, 0.4) is 0 Å². The maximum Gasteiger partial charge on any atom is 0.393 e. The number of nitrogens with one attached hydrogen (secondary N) is 1. The number of hydrogen-bond acceptors (Lipinski definition) is 5. The van der Waals surface area contributed by atoms with E-state index in [-0.39, 0.29) is 18.1 Å². The summed E-state index contributed by atoms with van der Waals surface area (Å²) in [6, 6.07) is 11.3. The monoisotopic (exact) mass is 486 g/mol. The number of nitrogens with zero attached hydrogens (tertiary/aromatic N) is 3. The Morgan fingerprint density at radius 1 is 1.11 bits per heavy atom. The van der Waals surface area contributed by atoms with Crippen LogP contribution in [0.1, 0.15) is 23.2 Å². The third kappa shape index (κ3) is 6.16. The average Bonchev–Trinajstić information content (AvgIpc) is 3.33. The lowest BCUT2D eigenvalue weighted by Crippen LogP contribution is -2.22.